The van der Waals surface area contributed by atoms with Gasteiger partial charge < -0.3 is 19.3 Å². The Balaban J connectivity index is 1.48. The number of pyridine rings is 1. The van der Waals surface area contributed by atoms with Crippen molar-refractivity contribution in [2.24, 2.45) is 0 Å². The number of benzene rings is 1. The summed E-state index contributed by atoms with van der Waals surface area (Å²) in [6.07, 6.45) is 4.07. The Hall–Kier alpha value is -2.19. The summed E-state index contributed by atoms with van der Waals surface area (Å²) in [5.74, 6) is 0.844. The summed E-state index contributed by atoms with van der Waals surface area (Å²) < 4.78 is 12.4. The maximum atomic E-state index is 13.3. The number of hydrogen-bond donors (Lipinski definition) is 0. The van der Waals surface area contributed by atoms with Gasteiger partial charge in [0, 0.05) is 63.2 Å². The smallest absolute Gasteiger partial charge is 0.225 e. The minimum atomic E-state index is -0.713. The average molecular weight is 473 g/mol. The molecular weight excluding hydrogens is 440 g/mol. The Kier molecular flexibility index (Phi) is 7.86. The van der Waals surface area contributed by atoms with Crippen LogP contribution < -0.4 is 4.74 Å². The molecule has 2 aliphatic rings. The van der Waals surface area contributed by atoms with Gasteiger partial charge in [-0.15, -0.1) is 0 Å². The van der Waals surface area contributed by atoms with Gasteiger partial charge in [-0.2, -0.15) is 0 Å². The minimum absolute atomic E-state index is 0.127. The second kappa shape index (κ2) is 10.8. The lowest BCUT2D eigenvalue weighted by atomic mass is 9.96. The van der Waals surface area contributed by atoms with Crippen molar-refractivity contribution in [2.45, 2.75) is 25.5 Å². The average Bonchev–Trinajstić information content (AvgIpc) is 2.79. The third kappa shape index (κ3) is 6.67. The molecule has 0 spiro atoms. The lowest BCUT2D eigenvalue weighted by Crippen LogP contribution is -2.58. The first-order valence-electron chi connectivity index (χ1n) is 11.5. The van der Waals surface area contributed by atoms with E-state index in [4.69, 9.17) is 21.1 Å². The number of carbonyl (C=O) groups is 1. The van der Waals surface area contributed by atoms with Crippen LogP contribution in [0.3, 0.4) is 0 Å². The van der Waals surface area contributed by atoms with E-state index >= 15 is 0 Å². The molecule has 0 radical (unpaired) electrons. The minimum Gasteiger partial charge on any atom is -0.491 e. The fourth-order valence-electron chi connectivity index (χ4n) is 4.45. The molecule has 0 N–H and O–H groups in total. The molecule has 0 saturated carbocycles. The van der Waals surface area contributed by atoms with Crippen LogP contribution in [0.25, 0.3) is 0 Å². The lowest BCUT2D eigenvalue weighted by molar-refractivity contribution is -0.157. The normalized spacial score (nSPS) is 22.3. The van der Waals surface area contributed by atoms with Crippen LogP contribution >= 0.6 is 11.6 Å². The van der Waals surface area contributed by atoms with Crippen molar-refractivity contribution in [3.05, 3.63) is 58.9 Å². The van der Waals surface area contributed by atoms with Gasteiger partial charge in [0.05, 0.1) is 13.0 Å². The number of aryl methyl sites for hydroxylation is 1. The summed E-state index contributed by atoms with van der Waals surface area (Å²) >= 11 is 6.01. The number of hydrogen-bond acceptors (Lipinski definition) is 6. The van der Waals surface area contributed by atoms with Gasteiger partial charge >= 0.3 is 0 Å². The second-order valence-electron chi connectivity index (χ2n) is 9.22. The standard InChI is InChI=1S/C25H33ClN4O3/c1-20-13-21(16-27-15-20)17-29-11-12-33-25(18-29,19-32-23-5-3-22(26)4-6-23)14-24(31)30-9-7-28(2)8-10-30/h3-6,13,15-16H,7-12,14,17-19H2,1-2H3. The number of morpholine rings is 1. The van der Waals surface area contributed by atoms with Crippen LogP contribution in [0, 0.1) is 6.92 Å². The number of amides is 1. The summed E-state index contributed by atoms with van der Waals surface area (Å²) in [4.78, 5) is 24.1. The predicted molar refractivity (Wildman–Crippen MR) is 129 cm³/mol. The first-order valence-corrected chi connectivity index (χ1v) is 11.9. The summed E-state index contributed by atoms with van der Waals surface area (Å²) in [7, 11) is 2.09. The van der Waals surface area contributed by atoms with Crippen LogP contribution in [0.1, 0.15) is 17.5 Å². The van der Waals surface area contributed by atoms with Gasteiger partial charge in [0.25, 0.3) is 0 Å². The molecular formula is C25H33ClN4O3. The third-order valence-corrected chi connectivity index (χ3v) is 6.56. The third-order valence-electron chi connectivity index (χ3n) is 6.31. The van der Waals surface area contributed by atoms with E-state index in [1.807, 2.05) is 29.4 Å². The van der Waals surface area contributed by atoms with E-state index in [1.165, 1.54) is 0 Å². The van der Waals surface area contributed by atoms with E-state index in [2.05, 4.69) is 34.8 Å². The van der Waals surface area contributed by atoms with Crippen LogP contribution in [-0.2, 0) is 16.1 Å². The largest absolute Gasteiger partial charge is 0.491 e. The van der Waals surface area contributed by atoms with E-state index in [9.17, 15) is 4.79 Å². The zero-order chi connectivity index (χ0) is 23.3. The van der Waals surface area contributed by atoms with Crippen molar-refractivity contribution in [2.75, 3.05) is 59.5 Å². The van der Waals surface area contributed by atoms with Crippen molar-refractivity contribution in [1.82, 2.24) is 19.7 Å². The molecule has 2 aromatic rings. The van der Waals surface area contributed by atoms with Gasteiger partial charge in [0.2, 0.25) is 5.91 Å². The Morgan fingerprint density at radius 3 is 2.64 bits per heavy atom. The fourth-order valence-corrected chi connectivity index (χ4v) is 4.58. The molecule has 2 aliphatic heterocycles. The molecule has 0 aliphatic carbocycles. The van der Waals surface area contributed by atoms with Crippen LogP contribution in [0.15, 0.2) is 42.7 Å². The summed E-state index contributed by atoms with van der Waals surface area (Å²) in [6, 6.07) is 9.45. The maximum absolute atomic E-state index is 13.3. The second-order valence-corrected chi connectivity index (χ2v) is 9.65. The quantitative estimate of drug-likeness (QED) is 0.617. The number of ether oxygens (including phenoxy) is 2. The number of likely N-dealkylation sites (N-methyl/N-ethyl adjacent to an activating group) is 1. The van der Waals surface area contributed by atoms with Crippen LogP contribution in [0.5, 0.6) is 5.75 Å². The van der Waals surface area contributed by atoms with Gasteiger partial charge in [-0.25, -0.2) is 0 Å². The Morgan fingerprint density at radius 2 is 1.91 bits per heavy atom. The van der Waals surface area contributed by atoms with E-state index in [-0.39, 0.29) is 5.91 Å². The number of carbonyl (C=O) groups excluding carboxylic acids is 1. The number of halogens is 1. The van der Waals surface area contributed by atoms with E-state index in [1.54, 1.807) is 12.1 Å². The molecule has 2 saturated heterocycles. The predicted octanol–water partition coefficient (Wildman–Crippen LogP) is 2.86. The number of piperazine rings is 1. The number of aromatic nitrogens is 1. The molecule has 2 fully saturated rings. The Bertz CT molecular complexity index is 934. The molecule has 1 unspecified atom stereocenters. The van der Waals surface area contributed by atoms with E-state index in [0.717, 1.165) is 56.1 Å². The van der Waals surface area contributed by atoms with Crippen molar-refractivity contribution in [3.8, 4) is 5.75 Å². The van der Waals surface area contributed by atoms with Crippen LogP contribution in [-0.4, -0.2) is 90.7 Å². The molecule has 7 nitrogen and oxygen atoms in total. The lowest BCUT2D eigenvalue weighted by Gasteiger charge is -2.43. The van der Waals surface area contributed by atoms with Crippen molar-refractivity contribution in [1.29, 1.82) is 0 Å². The van der Waals surface area contributed by atoms with Gasteiger partial charge in [-0.1, -0.05) is 17.7 Å². The molecule has 178 valence electrons. The summed E-state index contributed by atoms with van der Waals surface area (Å²) in [5, 5.41) is 0.661. The Morgan fingerprint density at radius 1 is 1.15 bits per heavy atom. The summed E-state index contributed by atoms with van der Waals surface area (Å²) in [6.45, 7) is 8.40. The zero-order valence-electron chi connectivity index (χ0n) is 19.5. The van der Waals surface area contributed by atoms with E-state index < -0.39 is 5.60 Å². The highest BCUT2D eigenvalue weighted by molar-refractivity contribution is 6.30. The molecule has 3 heterocycles. The topological polar surface area (TPSA) is 58.1 Å². The molecule has 0 bridgehead atoms. The molecule has 33 heavy (non-hydrogen) atoms. The SMILES string of the molecule is Cc1cncc(CN2CCOC(COc3ccc(Cl)cc3)(CC(=O)N3CCN(C)CC3)C2)c1. The highest BCUT2D eigenvalue weighted by Crippen LogP contribution is 2.27. The molecule has 8 heteroatoms. The zero-order valence-corrected chi connectivity index (χ0v) is 20.3. The first-order chi connectivity index (χ1) is 15.9. The molecule has 1 atom stereocenters. The van der Waals surface area contributed by atoms with E-state index in [0.29, 0.717) is 31.2 Å². The highest BCUT2D eigenvalue weighted by Gasteiger charge is 2.41. The monoisotopic (exact) mass is 472 g/mol. The number of rotatable bonds is 7. The summed E-state index contributed by atoms with van der Waals surface area (Å²) in [5.41, 5.74) is 1.59. The molecule has 4 rings (SSSR count). The van der Waals surface area contributed by atoms with Crippen LogP contribution in [0.4, 0.5) is 0 Å². The van der Waals surface area contributed by atoms with Crippen molar-refractivity contribution in [3.63, 3.8) is 0 Å². The first kappa shape index (κ1) is 24.0. The Labute approximate surface area is 201 Å². The van der Waals surface area contributed by atoms with Gasteiger partial charge in [-0.3, -0.25) is 14.7 Å². The fraction of sp³-hybridized carbons (Fsp3) is 0.520. The maximum Gasteiger partial charge on any atom is 0.225 e. The van der Waals surface area contributed by atoms with Gasteiger partial charge in [0.1, 0.15) is 18.0 Å². The molecule has 1 aromatic heterocycles. The highest BCUT2D eigenvalue weighted by atomic mass is 35.5. The molecule has 1 amide bonds. The van der Waals surface area contributed by atoms with Crippen molar-refractivity contribution >= 4 is 17.5 Å². The van der Waals surface area contributed by atoms with Crippen LogP contribution in [0.2, 0.25) is 5.02 Å². The molecule has 1 aromatic carbocycles. The van der Waals surface area contributed by atoms with Gasteiger partial charge in [0.15, 0.2) is 0 Å². The van der Waals surface area contributed by atoms with Crippen molar-refractivity contribution < 1.29 is 14.3 Å². The number of nitrogens with zero attached hydrogens (tertiary/aromatic N) is 4. The van der Waals surface area contributed by atoms with Gasteiger partial charge in [-0.05, 0) is 49.4 Å².